The van der Waals surface area contributed by atoms with Crippen molar-refractivity contribution in [2.24, 2.45) is 0 Å². The summed E-state index contributed by atoms with van der Waals surface area (Å²) in [5, 5.41) is 19.5. The lowest BCUT2D eigenvalue weighted by atomic mass is 9.77. The van der Waals surface area contributed by atoms with Crippen LogP contribution < -0.4 is 8.92 Å². The van der Waals surface area contributed by atoms with Crippen LogP contribution in [0.2, 0.25) is 0 Å². The first-order valence-electron chi connectivity index (χ1n) is 9.03. The van der Waals surface area contributed by atoms with Gasteiger partial charge in [-0.25, -0.2) is 9.59 Å². The van der Waals surface area contributed by atoms with Crippen LogP contribution in [0.25, 0.3) is 0 Å². The molecule has 2 aliphatic rings. The number of fused-ring (bicyclic) bond motifs is 6. The van der Waals surface area contributed by atoms with Gasteiger partial charge in [0.15, 0.2) is 5.60 Å². The third-order valence-electron chi connectivity index (χ3n) is 5.22. The van der Waals surface area contributed by atoms with Crippen LogP contribution in [0, 0.1) is 0 Å². The second-order valence-electron chi connectivity index (χ2n) is 7.06. The molecule has 162 valence electrons. The van der Waals surface area contributed by atoms with E-state index in [0.29, 0.717) is 5.56 Å². The topological polar surface area (TPSA) is 157 Å². The molecule has 1 unspecified atom stereocenters. The first-order chi connectivity index (χ1) is 15.1. The van der Waals surface area contributed by atoms with E-state index in [1.807, 2.05) is 0 Å². The van der Waals surface area contributed by atoms with Gasteiger partial charge in [0.2, 0.25) is 0 Å². The summed E-state index contributed by atoms with van der Waals surface area (Å²) in [6, 6.07) is 12.1. The fourth-order valence-electron chi connectivity index (χ4n) is 4.09. The SMILES string of the molecule is O=C(O)c1cccc2c1C(=O)OC21c2ccc(O)cc2Oc2cc(OS(=O)(=O)O)ccc21. The third kappa shape index (κ3) is 2.79. The second kappa shape index (κ2) is 6.45. The molecule has 5 rings (SSSR count). The Morgan fingerprint density at radius 3 is 2.34 bits per heavy atom. The summed E-state index contributed by atoms with van der Waals surface area (Å²) in [5.74, 6) is -2.53. The van der Waals surface area contributed by atoms with E-state index in [1.165, 1.54) is 42.5 Å². The zero-order valence-corrected chi connectivity index (χ0v) is 16.6. The number of carboxylic acid groups (broad SMARTS) is 1. The number of hydrogen-bond donors (Lipinski definition) is 3. The number of phenolic OH excluding ortho intramolecular Hbond substituents is 1. The Labute approximate surface area is 180 Å². The van der Waals surface area contributed by atoms with Gasteiger partial charge in [-0.2, -0.15) is 8.42 Å². The molecule has 0 bridgehead atoms. The molecule has 0 saturated carbocycles. The minimum atomic E-state index is -4.82. The van der Waals surface area contributed by atoms with Crippen LogP contribution in [0.1, 0.15) is 37.4 Å². The highest BCUT2D eigenvalue weighted by Crippen LogP contribution is 2.57. The van der Waals surface area contributed by atoms with Gasteiger partial charge in [0, 0.05) is 28.8 Å². The smallest absolute Gasteiger partial charge is 0.446 e. The largest absolute Gasteiger partial charge is 0.508 e. The Bertz CT molecular complexity index is 1440. The van der Waals surface area contributed by atoms with Crippen molar-refractivity contribution in [3.05, 3.63) is 82.4 Å². The summed E-state index contributed by atoms with van der Waals surface area (Å²) in [4.78, 5) is 24.6. The van der Waals surface area contributed by atoms with Gasteiger partial charge in [0.1, 0.15) is 23.0 Å². The van der Waals surface area contributed by atoms with Gasteiger partial charge in [-0.15, -0.1) is 0 Å². The molecule has 0 amide bonds. The summed E-state index contributed by atoms with van der Waals surface area (Å²) in [7, 11) is -4.82. The predicted octanol–water partition coefficient (Wildman–Crippen LogP) is 2.84. The van der Waals surface area contributed by atoms with Crippen molar-refractivity contribution in [2.75, 3.05) is 0 Å². The molecule has 0 aliphatic carbocycles. The average molecular weight is 456 g/mol. The van der Waals surface area contributed by atoms with Gasteiger partial charge in [-0.1, -0.05) is 12.1 Å². The van der Waals surface area contributed by atoms with Crippen molar-refractivity contribution in [2.45, 2.75) is 5.60 Å². The van der Waals surface area contributed by atoms with E-state index >= 15 is 0 Å². The van der Waals surface area contributed by atoms with E-state index in [0.717, 1.165) is 6.07 Å². The molecule has 2 heterocycles. The Balaban J connectivity index is 1.83. The highest BCUT2D eigenvalue weighted by molar-refractivity contribution is 7.81. The minimum absolute atomic E-state index is 0.00521. The van der Waals surface area contributed by atoms with Crippen molar-refractivity contribution in [1.82, 2.24) is 0 Å². The molecule has 0 fully saturated rings. The van der Waals surface area contributed by atoms with Gasteiger partial charge in [0.05, 0.1) is 11.1 Å². The van der Waals surface area contributed by atoms with Gasteiger partial charge in [-0.3, -0.25) is 4.55 Å². The molecular formula is C21H12O10S. The number of esters is 1. The van der Waals surface area contributed by atoms with E-state index < -0.39 is 27.9 Å². The van der Waals surface area contributed by atoms with Gasteiger partial charge in [0.25, 0.3) is 0 Å². The fraction of sp³-hybridized carbons (Fsp3) is 0.0476. The summed E-state index contributed by atoms with van der Waals surface area (Å²) in [6.45, 7) is 0. The number of hydrogen-bond acceptors (Lipinski definition) is 8. The average Bonchev–Trinajstić information content (AvgIpc) is 2.99. The molecule has 0 aromatic heterocycles. The van der Waals surface area contributed by atoms with Gasteiger partial charge in [-0.05, 0) is 30.3 Å². The van der Waals surface area contributed by atoms with Crippen LogP contribution in [0.3, 0.4) is 0 Å². The highest BCUT2D eigenvalue weighted by Gasteiger charge is 2.54. The van der Waals surface area contributed by atoms with Gasteiger partial charge < -0.3 is 23.9 Å². The van der Waals surface area contributed by atoms with E-state index in [9.17, 15) is 28.2 Å². The predicted molar refractivity (Wildman–Crippen MR) is 105 cm³/mol. The van der Waals surface area contributed by atoms with E-state index in [1.54, 1.807) is 6.07 Å². The summed E-state index contributed by atoms with van der Waals surface area (Å²) >= 11 is 0. The zero-order valence-electron chi connectivity index (χ0n) is 15.8. The maximum atomic E-state index is 12.9. The van der Waals surface area contributed by atoms with Crippen molar-refractivity contribution < 1.29 is 46.4 Å². The van der Waals surface area contributed by atoms with Crippen LogP contribution in [-0.2, 0) is 20.7 Å². The molecule has 3 aromatic carbocycles. The number of carboxylic acids is 1. The standard InChI is InChI=1S/C21H12O10S/c22-10-4-6-13-16(8-10)29-17-9-11(31-32(26,27)28)5-7-14(17)21(13)15-3-1-2-12(19(23)24)18(15)20(25)30-21/h1-9,22H,(H,23,24)(H,26,27,28). The molecule has 0 radical (unpaired) electrons. The lowest BCUT2D eigenvalue weighted by Crippen LogP contribution is -2.33. The first-order valence-corrected chi connectivity index (χ1v) is 10.4. The molecular weight excluding hydrogens is 444 g/mol. The molecule has 0 saturated heterocycles. The Kier molecular flexibility index (Phi) is 4.00. The minimum Gasteiger partial charge on any atom is -0.508 e. The third-order valence-corrected chi connectivity index (χ3v) is 5.63. The fourth-order valence-corrected chi connectivity index (χ4v) is 4.44. The Morgan fingerprint density at radius 1 is 0.969 bits per heavy atom. The van der Waals surface area contributed by atoms with Crippen LogP contribution in [0.4, 0.5) is 0 Å². The number of benzene rings is 3. The molecule has 11 heteroatoms. The number of ether oxygens (including phenoxy) is 2. The Hall–Kier alpha value is -4.09. The number of carbonyl (C=O) groups is 2. The first kappa shape index (κ1) is 19.8. The molecule has 10 nitrogen and oxygen atoms in total. The maximum absolute atomic E-state index is 12.9. The number of rotatable bonds is 3. The van der Waals surface area contributed by atoms with Crippen LogP contribution >= 0.6 is 0 Å². The highest BCUT2D eigenvalue weighted by atomic mass is 32.3. The van der Waals surface area contributed by atoms with Crippen LogP contribution in [0.15, 0.2) is 54.6 Å². The van der Waals surface area contributed by atoms with Crippen molar-refractivity contribution in [3.63, 3.8) is 0 Å². The zero-order chi connectivity index (χ0) is 22.8. The van der Waals surface area contributed by atoms with Crippen molar-refractivity contribution in [3.8, 4) is 23.0 Å². The molecule has 1 atom stereocenters. The summed E-state index contributed by atoms with van der Waals surface area (Å²) in [5.41, 5.74) is -1.20. The lowest BCUT2D eigenvalue weighted by molar-refractivity contribution is 0.0222. The molecule has 2 aliphatic heterocycles. The second-order valence-corrected chi connectivity index (χ2v) is 8.08. The summed E-state index contributed by atoms with van der Waals surface area (Å²) < 4.78 is 47.3. The van der Waals surface area contributed by atoms with Crippen molar-refractivity contribution >= 4 is 22.3 Å². The monoisotopic (exact) mass is 456 g/mol. The molecule has 3 aromatic rings. The molecule has 3 N–H and O–H groups in total. The number of carbonyl (C=O) groups excluding carboxylic acids is 1. The molecule has 1 spiro atoms. The number of phenols is 1. The van der Waals surface area contributed by atoms with Crippen molar-refractivity contribution in [1.29, 1.82) is 0 Å². The molecule has 32 heavy (non-hydrogen) atoms. The van der Waals surface area contributed by atoms with Crippen LogP contribution in [-0.4, -0.2) is 35.1 Å². The maximum Gasteiger partial charge on any atom is 0.446 e. The summed E-state index contributed by atoms with van der Waals surface area (Å²) in [6.07, 6.45) is 0. The van der Waals surface area contributed by atoms with Crippen LogP contribution in [0.5, 0.6) is 23.0 Å². The Morgan fingerprint density at radius 2 is 1.66 bits per heavy atom. The number of aromatic hydroxyl groups is 1. The van der Waals surface area contributed by atoms with E-state index in [2.05, 4.69) is 4.18 Å². The quantitative estimate of drug-likeness (QED) is 0.395. The van der Waals surface area contributed by atoms with E-state index in [-0.39, 0.29) is 45.3 Å². The lowest BCUT2D eigenvalue weighted by Gasteiger charge is -2.36. The normalized spacial score (nSPS) is 18.2. The number of aromatic carboxylic acids is 1. The van der Waals surface area contributed by atoms with E-state index in [4.69, 9.17) is 14.0 Å². The van der Waals surface area contributed by atoms with Gasteiger partial charge >= 0.3 is 22.3 Å².